The van der Waals surface area contributed by atoms with E-state index in [2.05, 4.69) is 34.9 Å². The summed E-state index contributed by atoms with van der Waals surface area (Å²) in [6.07, 6.45) is 4.99. The van der Waals surface area contributed by atoms with Gasteiger partial charge in [-0.3, -0.25) is 0 Å². The van der Waals surface area contributed by atoms with Gasteiger partial charge in [-0.15, -0.1) is 0 Å². The van der Waals surface area contributed by atoms with E-state index in [1.165, 1.54) is 23.8 Å². The first-order valence-corrected chi connectivity index (χ1v) is 8.88. The van der Waals surface area contributed by atoms with Crippen LogP contribution < -0.4 is 10.6 Å². The van der Waals surface area contributed by atoms with E-state index >= 15 is 0 Å². The van der Waals surface area contributed by atoms with Crippen molar-refractivity contribution in [3.05, 3.63) is 59.5 Å². The van der Waals surface area contributed by atoms with Gasteiger partial charge in [0.05, 0.1) is 12.8 Å². The van der Waals surface area contributed by atoms with Crippen LogP contribution in [0.5, 0.6) is 0 Å². The molecule has 2 aromatic rings. The van der Waals surface area contributed by atoms with Crippen molar-refractivity contribution < 1.29 is 14.3 Å². The minimum absolute atomic E-state index is 0.102. The highest BCUT2D eigenvalue weighted by Gasteiger charge is 2.57. The second kappa shape index (κ2) is 5.92. The molecule has 1 spiro atoms. The fraction of sp³-hybridized carbons (Fsp3) is 0.450. The number of carbonyl (C=O) groups excluding carboxylic acids is 1. The van der Waals surface area contributed by atoms with Crippen LogP contribution in [0.1, 0.15) is 36.7 Å². The predicted octanol–water partition coefficient (Wildman–Crippen LogP) is 2.69. The van der Waals surface area contributed by atoms with Crippen LogP contribution in [0, 0.1) is 5.92 Å². The number of hydrogen-bond acceptors (Lipinski definition) is 3. The Labute approximate surface area is 147 Å². The summed E-state index contributed by atoms with van der Waals surface area (Å²) in [6.45, 7) is 2.39. The molecule has 3 atom stereocenters. The molecule has 3 N–H and O–H groups in total. The van der Waals surface area contributed by atoms with E-state index in [0.717, 1.165) is 12.8 Å². The molecule has 25 heavy (non-hydrogen) atoms. The van der Waals surface area contributed by atoms with Gasteiger partial charge in [-0.2, -0.15) is 0 Å². The molecule has 1 fully saturated rings. The van der Waals surface area contributed by atoms with Gasteiger partial charge in [0.25, 0.3) is 0 Å². The molecule has 0 unspecified atom stereocenters. The minimum Gasteiger partial charge on any atom is -0.466 e. The molecule has 0 bridgehead atoms. The van der Waals surface area contributed by atoms with Crippen molar-refractivity contribution in [1.29, 1.82) is 0 Å². The standard InChI is InChI=1S/C20H24N2O3/c1-19(24,17-7-4-10-25-17)13-22-18(23)21-12-15-11-20(15)9-8-14-5-2-3-6-16(14)20/h2-7,10,15,24H,8-9,11-13H2,1H3,(H2,21,22,23)/t15-,19+,20-/m1/s1. The summed E-state index contributed by atoms with van der Waals surface area (Å²) >= 11 is 0. The normalized spacial score (nSPS) is 26.1. The zero-order chi connectivity index (χ0) is 17.5. The second-order valence-corrected chi connectivity index (χ2v) is 7.53. The number of benzene rings is 1. The van der Waals surface area contributed by atoms with Crippen LogP contribution in [0.2, 0.25) is 0 Å². The molecule has 5 heteroatoms. The zero-order valence-corrected chi connectivity index (χ0v) is 14.4. The number of carbonyl (C=O) groups is 1. The van der Waals surface area contributed by atoms with Gasteiger partial charge in [0, 0.05) is 12.0 Å². The first-order chi connectivity index (χ1) is 12.0. The number of aryl methyl sites for hydroxylation is 1. The first kappa shape index (κ1) is 16.2. The number of nitrogens with one attached hydrogen (secondary N) is 2. The lowest BCUT2D eigenvalue weighted by Gasteiger charge is -2.21. The Kier molecular flexibility index (Phi) is 3.84. The van der Waals surface area contributed by atoms with Gasteiger partial charge in [0.1, 0.15) is 11.4 Å². The van der Waals surface area contributed by atoms with E-state index in [9.17, 15) is 9.90 Å². The Morgan fingerprint density at radius 3 is 2.96 bits per heavy atom. The molecule has 1 heterocycles. The van der Waals surface area contributed by atoms with E-state index < -0.39 is 5.60 Å². The predicted molar refractivity (Wildman–Crippen MR) is 94.2 cm³/mol. The molecule has 2 aliphatic rings. The molecule has 2 aliphatic carbocycles. The highest BCUT2D eigenvalue weighted by Crippen LogP contribution is 2.61. The topological polar surface area (TPSA) is 74.5 Å². The van der Waals surface area contributed by atoms with Crippen molar-refractivity contribution in [3.63, 3.8) is 0 Å². The van der Waals surface area contributed by atoms with Crippen LogP contribution in [0.25, 0.3) is 0 Å². The average molecular weight is 340 g/mol. The number of hydrogen-bond donors (Lipinski definition) is 3. The zero-order valence-electron chi connectivity index (χ0n) is 14.4. The van der Waals surface area contributed by atoms with Crippen LogP contribution >= 0.6 is 0 Å². The van der Waals surface area contributed by atoms with Gasteiger partial charge < -0.3 is 20.2 Å². The van der Waals surface area contributed by atoms with E-state index in [1.54, 1.807) is 19.1 Å². The Balaban J connectivity index is 1.27. The summed E-state index contributed by atoms with van der Waals surface area (Å²) < 4.78 is 5.21. The van der Waals surface area contributed by atoms with Crippen LogP contribution in [-0.2, 0) is 17.4 Å². The number of amides is 2. The van der Waals surface area contributed by atoms with Crippen LogP contribution in [-0.4, -0.2) is 24.2 Å². The molecule has 1 saturated carbocycles. The number of furan rings is 1. The summed E-state index contributed by atoms with van der Waals surface area (Å²) in [7, 11) is 0. The van der Waals surface area contributed by atoms with Crippen LogP contribution in [0.4, 0.5) is 4.79 Å². The molecule has 0 aliphatic heterocycles. The van der Waals surface area contributed by atoms with E-state index in [4.69, 9.17) is 4.42 Å². The van der Waals surface area contributed by atoms with Crippen molar-refractivity contribution >= 4 is 6.03 Å². The van der Waals surface area contributed by atoms with Gasteiger partial charge in [-0.05, 0) is 55.4 Å². The molecule has 0 saturated heterocycles. The van der Waals surface area contributed by atoms with E-state index in [1.807, 2.05) is 0 Å². The lowest BCUT2D eigenvalue weighted by atomic mass is 9.95. The third kappa shape index (κ3) is 2.93. The monoisotopic (exact) mass is 340 g/mol. The fourth-order valence-electron chi connectivity index (χ4n) is 4.20. The molecule has 0 radical (unpaired) electrons. The molecular formula is C20H24N2O3. The van der Waals surface area contributed by atoms with Gasteiger partial charge in [0.2, 0.25) is 0 Å². The third-order valence-electron chi connectivity index (χ3n) is 5.78. The molecular weight excluding hydrogens is 316 g/mol. The number of urea groups is 1. The largest absolute Gasteiger partial charge is 0.466 e. The van der Waals surface area contributed by atoms with Crippen molar-refractivity contribution in [1.82, 2.24) is 10.6 Å². The number of rotatable bonds is 5. The lowest BCUT2D eigenvalue weighted by molar-refractivity contribution is 0.0367. The van der Waals surface area contributed by atoms with Gasteiger partial charge >= 0.3 is 6.03 Å². The summed E-state index contributed by atoms with van der Waals surface area (Å²) in [5.41, 5.74) is 2.00. The maximum Gasteiger partial charge on any atom is 0.314 e. The Morgan fingerprint density at radius 1 is 1.32 bits per heavy atom. The van der Waals surface area contributed by atoms with E-state index in [-0.39, 0.29) is 18.0 Å². The Morgan fingerprint density at radius 2 is 2.16 bits per heavy atom. The number of aliphatic hydroxyl groups is 1. The quantitative estimate of drug-likeness (QED) is 0.783. The maximum absolute atomic E-state index is 12.1. The van der Waals surface area contributed by atoms with Crippen molar-refractivity contribution in [2.24, 2.45) is 5.92 Å². The molecule has 1 aromatic heterocycles. The number of fused-ring (bicyclic) bond motifs is 2. The van der Waals surface area contributed by atoms with Crippen molar-refractivity contribution in [3.8, 4) is 0 Å². The van der Waals surface area contributed by atoms with Crippen molar-refractivity contribution in [2.75, 3.05) is 13.1 Å². The van der Waals surface area contributed by atoms with Gasteiger partial charge in [0.15, 0.2) is 0 Å². The molecule has 4 rings (SSSR count). The second-order valence-electron chi connectivity index (χ2n) is 7.53. The molecule has 5 nitrogen and oxygen atoms in total. The van der Waals surface area contributed by atoms with Crippen LogP contribution in [0.3, 0.4) is 0 Å². The maximum atomic E-state index is 12.1. The molecule has 1 aromatic carbocycles. The average Bonchev–Trinajstić information content (AvgIpc) is 2.96. The SMILES string of the molecule is C[C@](O)(CNC(=O)NC[C@H]1C[C@]12CCc1ccccc12)c1ccco1. The van der Waals surface area contributed by atoms with E-state index in [0.29, 0.717) is 18.2 Å². The van der Waals surface area contributed by atoms with Crippen LogP contribution in [0.15, 0.2) is 47.1 Å². The minimum atomic E-state index is -1.22. The summed E-state index contributed by atoms with van der Waals surface area (Å²) in [5.74, 6) is 0.948. The highest BCUT2D eigenvalue weighted by atomic mass is 16.4. The Hall–Kier alpha value is -2.27. The molecule has 2 amide bonds. The first-order valence-electron chi connectivity index (χ1n) is 8.88. The summed E-state index contributed by atoms with van der Waals surface area (Å²) in [6, 6.07) is 11.8. The highest BCUT2D eigenvalue weighted by molar-refractivity contribution is 5.74. The fourth-order valence-corrected chi connectivity index (χ4v) is 4.20. The molecule has 132 valence electrons. The van der Waals surface area contributed by atoms with Gasteiger partial charge in [-0.1, -0.05) is 24.3 Å². The smallest absolute Gasteiger partial charge is 0.314 e. The van der Waals surface area contributed by atoms with Crippen molar-refractivity contribution in [2.45, 2.75) is 37.2 Å². The summed E-state index contributed by atoms with van der Waals surface area (Å²) in [5, 5.41) is 16.0. The Bertz CT molecular complexity index is 769. The third-order valence-corrected chi connectivity index (χ3v) is 5.78. The van der Waals surface area contributed by atoms with Gasteiger partial charge in [-0.25, -0.2) is 4.79 Å². The summed E-state index contributed by atoms with van der Waals surface area (Å²) in [4.78, 5) is 12.1. The lowest BCUT2D eigenvalue weighted by Crippen LogP contribution is -2.44.